The number of carbonyl (C=O) groups is 3. The Kier molecular flexibility index (Phi) is 11.7. The van der Waals surface area contributed by atoms with Crippen LogP contribution in [0.25, 0.3) is 26.6 Å². The minimum atomic E-state index is -0.857. The Morgan fingerprint density at radius 1 is 0.919 bits per heavy atom. The molecule has 0 saturated carbocycles. The van der Waals surface area contributed by atoms with Crippen LogP contribution in [0.1, 0.15) is 114 Å². The number of thiophene rings is 1. The van der Waals surface area contributed by atoms with E-state index in [0.29, 0.717) is 5.56 Å². The normalized spacial score (nSPS) is 18.4. The van der Waals surface area contributed by atoms with E-state index < -0.39 is 23.5 Å². The molecule has 6 aromatic rings. The van der Waals surface area contributed by atoms with Gasteiger partial charge in [-0.1, -0.05) is 87.5 Å². The first-order valence-corrected chi connectivity index (χ1v) is 22.8. The molecule has 5 atom stereocenters. The Bertz CT molecular complexity index is 2700. The number of β-amino-alcohol motifs (C(OH)–C–C–N with tert-alkyl or cyclic N) is 1. The predicted molar refractivity (Wildman–Crippen MR) is 246 cm³/mol. The summed E-state index contributed by atoms with van der Waals surface area (Å²) in [5.41, 5.74) is 10.8. The van der Waals surface area contributed by atoms with Gasteiger partial charge < -0.3 is 15.3 Å². The molecule has 8 rings (SSSR count). The molecule has 2 N–H and O–H groups in total. The predicted octanol–water partition coefficient (Wildman–Crippen LogP) is 9.34. The molecule has 2 aliphatic heterocycles. The van der Waals surface area contributed by atoms with Crippen LogP contribution in [-0.2, 0) is 9.59 Å². The van der Waals surface area contributed by atoms with Crippen molar-refractivity contribution in [3.05, 3.63) is 128 Å². The van der Waals surface area contributed by atoms with E-state index in [4.69, 9.17) is 4.99 Å². The number of hydrogen-bond donors (Lipinski definition) is 2. The van der Waals surface area contributed by atoms with Crippen molar-refractivity contribution >= 4 is 46.0 Å². The van der Waals surface area contributed by atoms with Crippen molar-refractivity contribution in [2.75, 3.05) is 6.54 Å². The average molecular weight is 868 g/mol. The molecule has 0 unspecified atom stereocenters. The lowest BCUT2D eigenvalue weighted by Gasteiger charge is -2.35. The Labute approximate surface area is 371 Å². The Morgan fingerprint density at radius 2 is 1.61 bits per heavy atom. The fourth-order valence-electron chi connectivity index (χ4n) is 8.64. The van der Waals surface area contributed by atoms with Gasteiger partial charge in [0, 0.05) is 41.0 Å². The number of aryl methyl sites for hydroxylation is 3. The second-order valence-electron chi connectivity index (χ2n) is 17.8. The molecule has 62 heavy (non-hydrogen) atoms. The van der Waals surface area contributed by atoms with Crippen molar-refractivity contribution in [3.8, 4) is 26.6 Å². The average Bonchev–Trinajstić information content (AvgIpc) is 4.02. The van der Waals surface area contributed by atoms with E-state index in [9.17, 15) is 19.5 Å². The van der Waals surface area contributed by atoms with E-state index in [1.165, 1.54) is 15.3 Å². The van der Waals surface area contributed by atoms with Gasteiger partial charge in [0.05, 0.1) is 39.9 Å². The highest BCUT2D eigenvalue weighted by molar-refractivity contribution is 7.15. The van der Waals surface area contributed by atoms with Crippen molar-refractivity contribution in [2.45, 2.75) is 99.4 Å². The molecule has 2 aliphatic rings. The van der Waals surface area contributed by atoms with Gasteiger partial charge in [-0.2, -0.15) is 0 Å². The molecule has 1 saturated heterocycles. The molecular formula is C49H53N7O4S2. The third-order valence-corrected chi connectivity index (χ3v) is 14.6. The number of likely N-dealkylation sites (tertiary alicyclic amines) is 1. The van der Waals surface area contributed by atoms with Crippen molar-refractivity contribution in [2.24, 2.45) is 16.3 Å². The Hall–Kier alpha value is -5.63. The largest absolute Gasteiger partial charge is 0.391 e. The number of aliphatic hydroxyl groups excluding tert-OH is 1. The maximum absolute atomic E-state index is 14.4. The lowest BCUT2D eigenvalue weighted by molar-refractivity contribution is -0.144. The molecule has 1 fully saturated rings. The van der Waals surface area contributed by atoms with E-state index in [1.807, 2.05) is 109 Å². The van der Waals surface area contributed by atoms with Gasteiger partial charge in [0.1, 0.15) is 22.9 Å². The zero-order valence-electron chi connectivity index (χ0n) is 36.7. The highest BCUT2D eigenvalue weighted by atomic mass is 32.1. The van der Waals surface area contributed by atoms with Crippen LogP contribution in [-0.4, -0.2) is 71.8 Å². The number of amides is 2. The number of benzene rings is 3. The van der Waals surface area contributed by atoms with Gasteiger partial charge in [0.25, 0.3) is 0 Å². The smallest absolute Gasteiger partial charge is 0.243 e. The number of carbonyl (C=O) groups excluding carboxylic acids is 3. The number of Topliss-reactive ketones (excluding diaryl/α,β-unsaturated/α-hetero) is 1. The first kappa shape index (κ1) is 43.0. The number of nitrogens with one attached hydrogen (secondary N) is 1. The van der Waals surface area contributed by atoms with Crippen LogP contribution in [0.15, 0.2) is 83.3 Å². The van der Waals surface area contributed by atoms with Crippen LogP contribution in [0.2, 0.25) is 0 Å². The minimum absolute atomic E-state index is 0.0296. The summed E-state index contributed by atoms with van der Waals surface area (Å²) in [7, 11) is 0. The van der Waals surface area contributed by atoms with Crippen molar-refractivity contribution in [3.63, 3.8) is 0 Å². The number of fused-ring (bicyclic) bond motifs is 3. The van der Waals surface area contributed by atoms with E-state index in [-0.39, 0.29) is 49.1 Å². The van der Waals surface area contributed by atoms with Crippen LogP contribution < -0.4 is 5.32 Å². The molecule has 0 radical (unpaired) electrons. The lowest BCUT2D eigenvalue weighted by atomic mass is 9.76. The number of aliphatic hydroxyl groups is 1. The summed E-state index contributed by atoms with van der Waals surface area (Å²) in [5.74, 6) is 0.134. The number of rotatable bonds is 10. The summed E-state index contributed by atoms with van der Waals surface area (Å²) in [6, 6.07) is 22.5. The molecule has 3 aromatic heterocycles. The summed E-state index contributed by atoms with van der Waals surface area (Å²) in [5, 5.41) is 23.8. The molecule has 0 bridgehead atoms. The molecule has 3 aromatic carbocycles. The SMILES string of the molecule is Cc1ncsc1-c1ccc([C@H](C)NC(=O)[C@@H]2C[C@@H](O)CN2C(=O)[C@@H](CC(=O)c2ccc(-c3cccc(C4=N[C@@H](C)c5nnc(C)n5-c5sc(C)c(C)c54)c3)cc2)C(C)(C)C)cc1. The highest BCUT2D eigenvalue weighted by Crippen LogP contribution is 2.40. The molecule has 13 heteroatoms. The molecule has 11 nitrogen and oxygen atoms in total. The molecule has 5 heterocycles. The molecule has 0 aliphatic carbocycles. The summed E-state index contributed by atoms with van der Waals surface area (Å²) >= 11 is 3.32. The van der Waals surface area contributed by atoms with Crippen molar-refractivity contribution in [1.82, 2.24) is 30.0 Å². The van der Waals surface area contributed by atoms with Gasteiger partial charge in [0.15, 0.2) is 11.6 Å². The third kappa shape index (κ3) is 8.21. The van der Waals surface area contributed by atoms with Crippen LogP contribution in [0.3, 0.4) is 0 Å². The fourth-order valence-corrected chi connectivity index (χ4v) is 10.7. The van der Waals surface area contributed by atoms with Gasteiger partial charge >= 0.3 is 0 Å². The second kappa shape index (κ2) is 16.9. The zero-order valence-corrected chi connectivity index (χ0v) is 38.3. The van der Waals surface area contributed by atoms with Crippen molar-refractivity contribution in [1.29, 1.82) is 0 Å². The summed E-state index contributed by atoms with van der Waals surface area (Å²) in [4.78, 5) is 55.6. The minimum Gasteiger partial charge on any atom is -0.391 e. The second-order valence-corrected chi connectivity index (χ2v) is 19.8. The fraction of sp³-hybridized carbons (Fsp3) is 0.367. The van der Waals surface area contributed by atoms with Crippen LogP contribution in [0.5, 0.6) is 0 Å². The Balaban J connectivity index is 0.971. The maximum atomic E-state index is 14.4. The van der Waals surface area contributed by atoms with Gasteiger partial charge in [-0.3, -0.25) is 23.9 Å². The topological polar surface area (TPSA) is 143 Å². The van der Waals surface area contributed by atoms with Gasteiger partial charge in [0.2, 0.25) is 11.8 Å². The van der Waals surface area contributed by atoms with Crippen molar-refractivity contribution < 1.29 is 19.5 Å². The van der Waals surface area contributed by atoms with E-state index in [1.54, 1.807) is 22.7 Å². The standard InChI is InChI=1S/C49H53N7O4S2/c1-26-30(5)62-48-42(26)43(51-29(4)45-54-53-31(6)56(45)48)37-12-10-11-36(21-37)33-15-17-34(18-16-33)41(58)23-39(49(7,8)9)47(60)55-24-38(57)22-40(55)46(59)52-27(2)32-13-19-35(20-14-32)44-28(3)50-25-61-44/h10-21,25,27,29,38-40,57H,22-24H2,1-9H3,(H,52,59)/t27-,29-,38+,39+,40-/m0/s1. The molecular weight excluding hydrogens is 815 g/mol. The zero-order chi connectivity index (χ0) is 44.2. The summed E-state index contributed by atoms with van der Waals surface area (Å²) in [6.07, 6.45) is -0.756. The van der Waals surface area contributed by atoms with Gasteiger partial charge in [-0.25, -0.2) is 4.98 Å². The maximum Gasteiger partial charge on any atom is 0.243 e. The number of nitrogens with zero attached hydrogens (tertiary/aromatic N) is 6. The van der Waals surface area contributed by atoms with E-state index in [0.717, 1.165) is 66.3 Å². The first-order valence-electron chi connectivity index (χ1n) is 21.1. The number of aliphatic imine (C=N–C) groups is 1. The van der Waals surface area contributed by atoms with E-state index in [2.05, 4.69) is 57.1 Å². The van der Waals surface area contributed by atoms with E-state index >= 15 is 0 Å². The van der Waals surface area contributed by atoms with Gasteiger partial charge in [-0.15, -0.1) is 32.9 Å². The summed E-state index contributed by atoms with van der Waals surface area (Å²) in [6.45, 7) is 18.0. The number of thiazole rings is 1. The first-order chi connectivity index (χ1) is 29.5. The molecule has 320 valence electrons. The van der Waals surface area contributed by atoms with Crippen LogP contribution in [0, 0.1) is 39.0 Å². The summed E-state index contributed by atoms with van der Waals surface area (Å²) < 4.78 is 2.14. The van der Waals surface area contributed by atoms with Crippen LogP contribution >= 0.6 is 22.7 Å². The number of aromatic nitrogens is 4. The molecule has 0 spiro atoms. The van der Waals surface area contributed by atoms with Crippen LogP contribution in [0.4, 0.5) is 0 Å². The quantitative estimate of drug-likeness (QED) is 0.131. The highest BCUT2D eigenvalue weighted by Gasteiger charge is 2.45. The molecule has 2 amide bonds. The number of hydrogen-bond acceptors (Lipinski definition) is 10. The van der Waals surface area contributed by atoms with Gasteiger partial charge in [-0.05, 0) is 80.8 Å². The Morgan fingerprint density at radius 3 is 2.29 bits per heavy atom. The lowest BCUT2D eigenvalue weighted by Crippen LogP contribution is -2.50. The third-order valence-electron chi connectivity index (χ3n) is 12.4. The number of ketones is 1. The monoisotopic (exact) mass is 867 g/mol.